The average molecular weight is 322 g/mol. The lowest BCUT2D eigenvalue weighted by atomic mass is 10.2. The first kappa shape index (κ1) is 15.3. The molecule has 120 valence electrons. The van der Waals surface area contributed by atoms with Crippen LogP contribution in [0.1, 0.15) is 5.56 Å². The van der Waals surface area contributed by atoms with Crippen LogP contribution in [0.3, 0.4) is 0 Å². The summed E-state index contributed by atoms with van der Waals surface area (Å²) in [5.74, 6) is -0.534. The van der Waals surface area contributed by atoms with E-state index >= 15 is 0 Å². The van der Waals surface area contributed by atoms with Crippen LogP contribution >= 0.6 is 0 Å². The molecule has 0 aliphatic rings. The number of aromatic amines is 2. The number of benzene rings is 2. The molecule has 7 heteroatoms. The lowest BCUT2D eigenvalue weighted by Gasteiger charge is -2.19. The summed E-state index contributed by atoms with van der Waals surface area (Å²) in [6, 6.07) is 18.7. The molecule has 3 N–H and O–H groups in total. The van der Waals surface area contributed by atoms with Gasteiger partial charge in [-0.05, 0) is 24.3 Å². The third kappa shape index (κ3) is 3.25. The second-order valence-electron chi connectivity index (χ2n) is 4.90. The van der Waals surface area contributed by atoms with Gasteiger partial charge in [-0.15, -0.1) is 0 Å². The van der Waals surface area contributed by atoms with Gasteiger partial charge in [0.1, 0.15) is 5.56 Å². The summed E-state index contributed by atoms with van der Waals surface area (Å²) >= 11 is 0. The summed E-state index contributed by atoms with van der Waals surface area (Å²) in [5, 5.41) is 15.6. The van der Waals surface area contributed by atoms with E-state index in [1.54, 1.807) is 5.01 Å². The number of nitrogens with one attached hydrogen (secondary N) is 2. The van der Waals surface area contributed by atoms with Gasteiger partial charge in [-0.3, -0.25) is 14.8 Å². The number of nitrogens with zero attached hydrogens (tertiary/aromatic N) is 2. The molecule has 0 radical (unpaired) electrons. The molecule has 0 bridgehead atoms. The average Bonchev–Trinajstić information content (AvgIpc) is 2.59. The zero-order chi connectivity index (χ0) is 16.9. The van der Waals surface area contributed by atoms with Gasteiger partial charge in [-0.1, -0.05) is 36.4 Å². The summed E-state index contributed by atoms with van der Waals surface area (Å²) in [5.41, 5.74) is -0.0780. The molecule has 24 heavy (non-hydrogen) atoms. The summed E-state index contributed by atoms with van der Waals surface area (Å²) in [4.78, 5) is 27.1. The van der Waals surface area contributed by atoms with Crippen molar-refractivity contribution in [2.45, 2.75) is 0 Å². The maximum Gasteiger partial charge on any atom is 0.328 e. The molecule has 0 spiro atoms. The number of hydrazone groups is 1. The number of aromatic hydroxyl groups is 1. The van der Waals surface area contributed by atoms with Gasteiger partial charge < -0.3 is 5.11 Å². The van der Waals surface area contributed by atoms with E-state index in [2.05, 4.69) is 10.1 Å². The summed E-state index contributed by atoms with van der Waals surface area (Å²) in [6.45, 7) is 0. The normalized spacial score (nSPS) is 10.8. The molecule has 0 aliphatic carbocycles. The summed E-state index contributed by atoms with van der Waals surface area (Å²) in [7, 11) is 0. The number of anilines is 2. The molecule has 0 saturated carbocycles. The van der Waals surface area contributed by atoms with Gasteiger partial charge >= 0.3 is 5.69 Å². The molecule has 2 aromatic carbocycles. The predicted octanol–water partition coefficient (Wildman–Crippen LogP) is 1.94. The number of H-pyrrole nitrogens is 2. The highest BCUT2D eigenvalue weighted by atomic mass is 16.3. The Kier molecular flexibility index (Phi) is 4.24. The number of hydrogen-bond donors (Lipinski definition) is 3. The zero-order valence-corrected chi connectivity index (χ0v) is 12.5. The Labute approximate surface area is 136 Å². The topological polar surface area (TPSA) is 102 Å². The van der Waals surface area contributed by atoms with Gasteiger partial charge in [0.2, 0.25) is 5.88 Å². The van der Waals surface area contributed by atoms with E-state index in [-0.39, 0.29) is 5.56 Å². The van der Waals surface area contributed by atoms with E-state index in [4.69, 9.17) is 0 Å². The molecule has 0 fully saturated rings. The van der Waals surface area contributed by atoms with Crippen molar-refractivity contribution in [1.29, 1.82) is 0 Å². The standard InChI is InChI=1S/C17H14N4O3/c22-15-14(16(23)20-17(24)19-15)11-18-21(12-7-3-1-4-8-12)13-9-5-2-6-10-13/h1-11H,(H3,19,20,22,23,24)/b18-11+. The minimum absolute atomic E-state index is 0.133. The van der Waals surface area contributed by atoms with Gasteiger partial charge in [0.15, 0.2) is 0 Å². The molecular formula is C17H14N4O3. The first-order valence-electron chi connectivity index (χ1n) is 7.15. The van der Waals surface area contributed by atoms with Crippen LogP contribution in [0.15, 0.2) is 75.4 Å². The van der Waals surface area contributed by atoms with Crippen LogP contribution in [0.4, 0.5) is 11.4 Å². The quantitative estimate of drug-likeness (QED) is 0.504. The van der Waals surface area contributed by atoms with Crippen molar-refractivity contribution in [2.24, 2.45) is 5.10 Å². The Morgan fingerprint density at radius 1 is 0.875 bits per heavy atom. The smallest absolute Gasteiger partial charge is 0.328 e. The van der Waals surface area contributed by atoms with Crippen molar-refractivity contribution < 1.29 is 5.11 Å². The molecule has 1 aromatic heterocycles. The molecule has 3 aromatic rings. The van der Waals surface area contributed by atoms with E-state index in [0.717, 1.165) is 11.4 Å². The fourth-order valence-corrected chi connectivity index (χ4v) is 2.14. The summed E-state index contributed by atoms with van der Waals surface area (Å²) < 4.78 is 0. The molecule has 0 amide bonds. The minimum atomic E-state index is -0.780. The molecule has 1 heterocycles. The lowest BCUT2D eigenvalue weighted by Crippen LogP contribution is -2.25. The largest absolute Gasteiger partial charge is 0.494 e. The minimum Gasteiger partial charge on any atom is -0.494 e. The molecular weight excluding hydrogens is 308 g/mol. The zero-order valence-electron chi connectivity index (χ0n) is 12.5. The maximum absolute atomic E-state index is 11.8. The maximum atomic E-state index is 11.8. The van der Waals surface area contributed by atoms with Gasteiger partial charge in [0, 0.05) is 0 Å². The van der Waals surface area contributed by atoms with Gasteiger partial charge in [-0.25, -0.2) is 9.80 Å². The number of aromatic nitrogens is 2. The van der Waals surface area contributed by atoms with Crippen molar-refractivity contribution in [3.05, 3.63) is 87.1 Å². The molecule has 0 atom stereocenters. The second kappa shape index (κ2) is 6.66. The number of hydrogen-bond acceptors (Lipinski definition) is 5. The van der Waals surface area contributed by atoms with E-state index < -0.39 is 17.1 Å². The fourth-order valence-electron chi connectivity index (χ4n) is 2.14. The Morgan fingerprint density at radius 2 is 1.42 bits per heavy atom. The number of rotatable bonds is 4. The molecule has 3 rings (SSSR count). The number of para-hydroxylation sites is 2. The third-order valence-electron chi connectivity index (χ3n) is 3.26. The Morgan fingerprint density at radius 3 is 1.92 bits per heavy atom. The van der Waals surface area contributed by atoms with Crippen molar-refractivity contribution in [2.75, 3.05) is 5.01 Å². The Balaban J connectivity index is 2.05. The van der Waals surface area contributed by atoms with Crippen LogP contribution in [-0.4, -0.2) is 21.3 Å². The highest BCUT2D eigenvalue weighted by Gasteiger charge is 2.09. The Hall–Kier alpha value is -3.61. The van der Waals surface area contributed by atoms with Gasteiger partial charge in [0.05, 0.1) is 17.6 Å². The van der Waals surface area contributed by atoms with E-state index in [0.29, 0.717) is 0 Å². The molecule has 0 unspecified atom stereocenters. The molecule has 7 nitrogen and oxygen atoms in total. The first-order valence-corrected chi connectivity index (χ1v) is 7.15. The molecule has 0 aliphatic heterocycles. The van der Waals surface area contributed by atoms with Gasteiger partial charge in [-0.2, -0.15) is 5.10 Å². The van der Waals surface area contributed by atoms with Crippen LogP contribution in [0.25, 0.3) is 0 Å². The highest BCUT2D eigenvalue weighted by Crippen LogP contribution is 2.25. The monoisotopic (exact) mass is 322 g/mol. The fraction of sp³-hybridized carbons (Fsp3) is 0. The van der Waals surface area contributed by atoms with Crippen molar-refractivity contribution in [3.8, 4) is 5.88 Å². The third-order valence-corrected chi connectivity index (χ3v) is 3.26. The van der Waals surface area contributed by atoms with E-state index in [9.17, 15) is 14.7 Å². The van der Waals surface area contributed by atoms with Crippen LogP contribution < -0.4 is 16.3 Å². The SMILES string of the molecule is O=c1[nH]c(O)c(/C=N/N(c2ccccc2)c2ccccc2)c(=O)[nH]1. The van der Waals surface area contributed by atoms with Crippen LogP contribution in [0, 0.1) is 0 Å². The summed E-state index contributed by atoms with van der Waals surface area (Å²) in [6.07, 6.45) is 1.20. The first-order chi connectivity index (χ1) is 11.6. The van der Waals surface area contributed by atoms with Crippen molar-refractivity contribution in [3.63, 3.8) is 0 Å². The lowest BCUT2D eigenvalue weighted by molar-refractivity contribution is 0.447. The Bertz CT molecular complexity index is 923. The van der Waals surface area contributed by atoms with E-state index in [1.807, 2.05) is 65.6 Å². The highest BCUT2D eigenvalue weighted by molar-refractivity contribution is 5.83. The molecule has 0 saturated heterocycles. The van der Waals surface area contributed by atoms with Crippen molar-refractivity contribution >= 4 is 17.6 Å². The van der Waals surface area contributed by atoms with Gasteiger partial charge in [0.25, 0.3) is 5.56 Å². The van der Waals surface area contributed by atoms with Crippen molar-refractivity contribution in [1.82, 2.24) is 9.97 Å². The van der Waals surface area contributed by atoms with Crippen LogP contribution in [0.2, 0.25) is 0 Å². The van der Waals surface area contributed by atoms with Crippen LogP contribution in [0.5, 0.6) is 5.88 Å². The van der Waals surface area contributed by atoms with Crippen LogP contribution in [-0.2, 0) is 0 Å². The van der Waals surface area contributed by atoms with E-state index in [1.165, 1.54) is 6.21 Å². The second-order valence-corrected chi connectivity index (χ2v) is 4.90. The predicted molar refractivity (Wildman–Crippen MR) is 92.0 cm³/mol.